The predicted molar refractivity (Wildman–Crippen MR) is 95.6 cm³/mol. The van der Waals surface area contributed by atoms with Gasteiger partial charge in [-0.25, -0.2) is 9.97 Å². The highest BCUT2D eigenvalue weighted by molar-refractivity contribution is 14.0. The third-order valence-corrected chi connectivity index (χ3v) is 2.96. The van der Waals surface area contributed by atoms with E-state index in [9.17, 15) is 13.2 Å². The molecule has 0 saturated carbocycles. The number of aromatic nitrogens is 3. The van der Waals surface area contributed by atoms with Crippen LogP contribution in [0.5, 0.6) is 0 Å². The van der Waals surface area contributed by atoms with Gasteiger partial charge in [-0.05, 0) is 11.6 Å². The van der Waals surface area contributed by atoms with Crippen molar-refractivity contribution in [1.82, 2.24) is 25.2 Å². The van der Waals surface area contributed by atoms with Crippen LogP contribution in [0.4, 0.5) is 13.2 Å². The molecule has 2 aromatic rings. The van der Waals surface area contributed by atoms with Gasteiger partial charge in [0.25, 0.3) is 0 Å². The van der Waals surface area contributed by atoms with Crippen molar-refractivity contribution in [1.29, 1.82) is 0 Å². The second-order valence-electron chi connectivity index (χ2n) is 4.71. The number of rotatable bonds is 5. The van der Waals surface area contributed by atoms with E-state index < -0.39 is 12.6 Å². The molecule has 0 bridgehead atoms. The van der Waals surface area contributed by atoms with E-state index in [0.717, 1.165) is 11.4 Å². The molecule has 0 aliphatic rings. The molecule has 2 aromatic heterocycles. The Morgan fingerprint density at radius 1 is 1.29 bits per heavy atom. The van der Waals surface area contributed by atoms with Gasteiger partial charge in [-0.3, -0.25) is 9.56 Å². The normalized spacial score (nSPS) is 11.8. The first-order valence-electron chi connectivity index (χ1n) is 6.92. The molecule has 2 N–H and O–H groups in total. The molecule has 0 radical (unpaired) electrons. The predicted octanol–water partition coefficient (Wildman–Crippen LogP) is 2.50. The Morgan fingerprint density at radius 3 is 2.62 bits per heavy atom. The van der Waals surface area contributed by atoms with E-state index >= 15 is 0 Å². The Labute approximate surface area is 154 Å². The fourth-order valence-corrected chi connectivity index (χ4v) is 1.80. The number of pyridine rings is 1. The van der Waals surface area contributed by atoms with Crippen molar-refractivity contribution in [3.05, 3.63) is 42.6 Å². The molecule has 0 fully saturated rings. The van der Waals surface area contributed by atoms with Gasteiger partial charge < -0.3 is 10.6 Å². The molecule has 0 saturated heterocycles. The lowest BCUT2D eigenvalue weighted by atomic mass is 10.3. The minimum absolute atomic E-state index is 0. The van der Waals surface area contributed by atoms with E-state index in [4.69, 9.17) is 0 Å². The molecule has 0 aliphatic carbocycles. The average Bonchev–Trinajstić information content (AvgIpc) is 3.04. The Kier molecular flexibility index (Phi) is 7.95. The number of imidazole rings is 1. The van der Waals surface area contributed by atoms with E-state index in [2.05, 4.69) is 25.6 Å². The van der Waals surface area contributed by atoms with Gasteiger partial charge in [0, 0.05) is 38.7 Å². The van der Waals surface area contributed by atoms with Crippen molar-refractivity contribution in [2.24, 2.45) is 4.99 Å². The van der Waals surface area contributed by atoms with Gasteiger partial charge in [-0.2, -0.15) is 13.2 Å². The summed E-state index contributed by atoms with van der Waals surface area (Å²) in [7, 11) is 1.50. The zero-order valence-corrected chi connectivity index (χ0v) is 15.2. The fourth-order valence-electron chi connectivity index (χ4n) is 1.80. The van der Waals surface area contributed by atoms with Crippen molar-refractivity contribution in [3.8, 4) is 5.82 Å². The number of nitrogens with one attached hydrogen (secondary N) is 2. The number of aliphatic imine (C=N–C) groups is 1. The van der Waals surface area contributed by atoms with Gasteiger partial charge in [-0.1, -0.05) is 6.07 Å². The van der Waals surface area contributed by atoms with Crippen LogP contribution in [0.2, 0.25) is 0 Å². The monoisotopic (exact) mass is 454 g/mol. The van der Waals surface area contributed by atoms with Crippen LogP contribution in [0.25, 0.3) is 5.82 Å². The summed E-state index contributed by atoms with van der Waals surface area (Å²) >= 11 is 0. The van der Waals surface area contributed by atoms with Crippen molar-refractivity contribution in [2.75, 3.05) is 13.6 Å². The van der Waals surface area contributed by atoms with Gasteiger partial charge in [0.2, 0.25) is 0 Å². The maximum absolute atomic E-state index is 12.1. The van der Waals surface area contributed by atoms with E-state index in [1.165, 1.54) is 7.05 Å². The average molecular weight is 454 g/mol. The number of nitrogens with zero attached hydrogens (tertiary/aromatic N) is 4. The maximum atomic E-state index is 12.1. The van der Waals surface area contributed by atoms with Crippen LogP contribution in [0.3, 0.4) is 0 Å². The topological polar surface area (TPSA) is 67.1 Å². The molecule has 10 heteroatoms. The summed E-state index contributed by atoms with van der Waals surface area (Å²) in [4.78, 5) is 12.1. The Hall–Kier alpha value is -1.85. The van der Waals surface area contributed by atoms with Gasteiger partial charge >= 0.3 is 6.18 Å². The lowest BCUT2D eigenvalue weighted by molar-refractivity contribution is -0.132. The number of guanidine groups is 1. The second-order valence-corrected chi connectivity index (χ2v) is 4.71. The van der Waals surface area contributed by atoms with Crippen molar-refractivity contribution >= 4 is 29.9 Å². The SMILES string of the molecule is CN=C(NCCC(F)(F)F)NCc1ccc(-n2ccnc2)nc1.I. The number of hydrogen-bond acceptors (Lipinski definition) is 3. The second kappa shape index (κ2) is 9.45. The number of halogens is 4. The summed E-state index contributed by atoms with van der Waals surface area (Å²) in [5.74, 6) is 1.05. The van der Waals surface area contributed by atoms with Crippen LogP contribution in [-0.2, 0) is 6.54 Å². The summed E-state index contributed by atoms with van der Waals surface area (Å²) < 4.78 is 38.1. The minimum Gasteiger partial charge on any atom is -0.356 e. The summed E-state index contributed by atoms with van der Waals surface area (Å²) in [6, 6.07) is 3.71. The molecule has 6 nitrogen and oxygen atoms in total. The summed E-state index contributed by atoms with van der Waals surface area (Å²) in [6.45, 7) is 0.184. The van der Waals surface area contributed by atoms with E-state index in [0.29, 0.717) is 12.5 Å². The molecular weight excluding hydrogens is 436 g/mol. The molecule has 0 amide bonds. The molecule has 0 atom stereocenters. The highest BCUT2D eigenvalue weighted by Gasteiger charge is 2.26. The summed E-state index contributed by atoms with van der Waals surface area (Å²) in [5, 5.41) is 5.55. The number of hydrogen-bond donors (Lipinski definition) is 2. The highest BCUT2D eigenvalue weighted by Crippen LogP contribution is 2.18. The van der Waals surface area contributed by atoms with Crippen LogP contribution >= 0.6 is 24.0 Å². The molecular formula is C14H18F3IN6. The van der Waals surface area contributed by atoms with Crippen LogP contribution in [-0.4, -0.2) is 40.3 Å². The standard InChI is InChI=1S/C14H17F3N6.HI/c1-18-13(20-5-4-14(15,16)17)22-9-11-2-3-12(21-8-11)23-7-6-19-10-23;/h2-3,6-8,10H,4-5,9H2,1H3,(H2,18,20,22);1H. The molecule has 132 valence electrons. The zero-order valence-electron chi connectivity index (χ0n) is 12.9. The third-order valence-electron chi connectivity index (χ3n) is 2.96. The largest absolute Gasteiger partial charge is 0.390 e. The van der Waals surface area contributed by atoms with Gasteiger partial charge in [0.15, 0.2) is 5.96 Å². The van der Waals surface area contributed by atoms with Crippen LogP contribution in [0, 0.1) is 0 Å². The van der Waals surface area contributed by atoms with Crippen LogP contribution in [0.15, 0.2) is 42.0 Å². The first kappa shape index (κ1) is 20.2. The zero-order chi connectivity index (χ0) is 16.7. The summed E-state index contributed by atoms with van der Waals surface area (Å²) in [6.07, 6.45) is 1.69. The lowest BCUT2D eigenvalue weighted by Crippen LogP contribution is -2.38. The minimum atomic E-state index is -4.18. The Bertz CT molecular complexity index is 625. The van der Waals surface area contributed by atoms with Gasteiger partial charge in [0.05, 0.1) is 6.42 Å². The molecule has 0 aliphatic heterocycles. The van der Waals surface area contributed by atoms with Crippen molar-refractivity contribution in [3.63, 3.8) is 0 Å². The Balaban J connectivity index is 0.00000288. The smallest absolute Gasteiger partial charge is 0.356 e. The lowest BCUT2D eigenvalue weighted by Gasteiger charge is -2.13. The molecule has 2 heterocycles. The quantitative estimate of drug-likeness (QED) is 0.414. The highest BCUT2D eigenvalue weighted by atomic mass is 127. The fraction of sp³-hybridized carbons (Fsp3) is 0.357. The third kappa shape index (κ3) is 6.72. The molecule has 24 heavy (non-hydrogen) atoms. The van der Waals surface area contributed by atoms with Gasteiger partial charge in [-0.15, -0.1) is 24.0 Å². The van der Waals surface area contributed by atoms with Crippen molar-refractivity contribution in [2.45, 2.75) is 19.1 Å². The van der Waals surface area contributed by atoms with Gasteiger partial charge in [0.1, 0.15) is 12.1 Å². The number of alkyl halides is 3. The van der Waals surface area contributed by atoms with E-state index in [-0.39, 0.29) is 30.5 Å². The molecule has 2 rings (SSSR count). The summed E-state index contributed by atoms with van der Waals surface area (Å²) in [5.41, 5.74) is 0.882. The van der Waals surface area contributed by atoms with Crippen LogP contribution < -0.4 is 10.6 Å². The maximum Gasteiger partial charge on any atom is 0.390 e. The molecule has 0 aromatic carbocycles. The van der Waals surface area contributed by atoms with E-state index in [1.54, 1.807) is 29.5 Å². The first-order chi connectivity index (χ1) is 11.0. The van der Waals surface area contributed by atoms with E-state index in [1.807, 2.05) is 12.1 Å². The van der Waals surface area contributed by atoms with Crippen molar-refractivity contribution < 1.29 is 13.2 Å². The first-order valence-corrected chi connectivity index (χ1v) is 6.92. The van der Waals surface area contributed by atoms with Crippen LogP contribution in [0.1, 0.15) is 12.0 Å². The molecule has 0 spiro atoms. The molecule has 0 unspecified atom stereocenters. The Morgan fingerprint density at radius 2 is 2.08 bits per heavy atom.